The fourth-order valence-electron chi connectivity index (χ4n) is 1.79. The number of aromatic nitrogens is 4. The molecule has 0 aliphatic heterocycles. The molecule has 2 aromatic rings. The molecule has 0 aliphatic carbocycles. The van der Waals surface area contributed by atoms with Crippen molar-refractivity contribution in [2.75, 3.05) is 31.7 Å². The highest BCUT2D eigenvalue weighted by Crippen LogP contribution is 2.27. The molecular formula is C13H16ClN7O3S. The van der Waals surface area contributed by atoms with Crippen LogP contribution >= 0.6 is 23.4 Å². The predicted octanol–water partition coefficient (Wildman–Crippen LogP) is 1.53. The molecule has 0 radical (unpaired) electrons. The Kier molecular flexibility index (Phi) is 6.67. The molecule has 1 aromatic carbocycles. The maximum atomic E-state index is 12.0. The number of rotatable bonds is 8. The first-order valence-electron chi connectivity index (χ1n) is 7.14. The zero-order valence-electron chi connectivity index (χ0n) is 13.5. The van der Waals surface area contributed by atoms with Gasteiger partial charge in [-0.2, -0.15) is 0 Å². The number of nitrogens with one attached hydrogen (secondary N) is 1. The summed E-state index contributed by atoms with van der Waals surface area (Å²) >= 11 is 6.92. The van der Waals surface area contributed by atoms with E-state index in [-0.39, 0.29) is 22.4 Å². The van der Waals surface area contributed by atoms with Crippen molar-refractivity contribution >= 4 is 40.6 Å². The maximum Gasteiger partial charge on any atom is 0.289 e. The van der Waals surface area contributed by atoms with Crippen molar-refractivity contribution in [1.29, 1.82) is 0 Å². The second kappa shape index (κ2) is 8.74. The van der Waals surface area contributed by atoms with Crippen LogP contribution in [0.1, 0.15) is 0 Å². The van der Waals surface area contributed by atoms with E-state index in [1.807, 2.05) is 19.0 Å². The fraction of sp³-hybridized carbons (Fsp3) is 0.385. The Hall–Kier alpha value is -2.24. The van der Waals surface area contributed by atoms with Crippen LogP contribution in [0.5, 0.6) is 0 Å². The lowest BCUT2D eigenvalue weighted by Crippen LogP contribution is -2.20. The number of carbonyl (C=O) groups excluding carboxylic acids is 1. The van der Waals surface area contributed by atoms with Gasteiger partial charge in [-0.3, -0.25) is 14.9 Å². The number of halogens is 1. The SMILES string of the molecule is CN(C)CCn1nnnc1SCC(=O)Nc1ccc(Cl)c([N+](=O)[O-])c1. The summed E-state index contributed by atoms with van der Waals surface area (Å²) < 4.78 is 1.62. The first kappa shape index (κ1) is 19.1. The van der Waals surface area contributed by atoms with Crippen molar-refractivity contribution in [1.82, 2.24) is 25.1 Å². The van der Waals surface area contributed by atoms with Crippen LogP contribution in [-0.4, -0.2) is 62.3 Å². The van der Waals surface area contributed by atoms with Gasteiger partial charge in [0.2, 0.25) is 11.1 Å². The molecule has 2 rings (SSSR count). The number of nitro benzene ring substituents is 1. The van der Waals surface area contributed by atoms with Gasteiger partial charge in [-0.1, -0.05) is 23.4 Å². The zero-order chi connectivity index (χ0) is 18.4. The molecule has 0 bridgehead atoms. The number of nitrogens with zero attached hydrogens (tertiary/aromatic N) is 6. The lowest BCUT2D eigenvalue weighted by Gasteiger charge is -2.09. The third-order valence-corrected chi connectivity index (χ3v) is 4.29. The standard InChI is InChI=1S/C13H16ClN7O3S/c1-19(2)5-6-20-13(16-17-18-20)25-8-12(22)15-9-3-4-10(14)11(7-9)21(23)24/h3-4,7H,5-6,8H2,1-2H3,(H,15,22). The first-order chi connectivity index (χ1) is 11.9. The van der Waals surface area contributed by atoms with E-state index in [0.29, 0.717) is 17.4 Å². The van der Waals surface area contributed by atoms with E-state index in [1.54, 1.807) is 4.68 Å². The van der Waals surface area contributed by atoms with Gasteiger partial charge >= 0.3 is 0 Å². The minimum atomic E-state index is -0.606. The first-order valence-corrected chi connectivity index (χ1v) is 8.50. The number of hydrogen-bond acceptors (Lipinski definition) is 8. The topological polar surface area (TPSA) is 119 Å². The van der Waals surface area contributed by atoms with E-state index in [4.69, 9.17) is 11.6 Å². The molecule has 0 aliphatic rings. The van der Waals surface area contributed by atoms with Gasteiger partial charge in [-0.25, -0.2) is 4.68 Å². The molecule has 25 heavy (non-hydrogen) atoms. The highest BCUT2D eigenvalue weighted by atomic mass is 35.5. The Morgan fingerprint density at radius 3 is 2.92 bits per heavy atom. The van der Waals surface area contributed by atoms with Crippen molar-refractivity contribution in [3.8, 4) is 0 Å². The van der Waals surface area contributed by atoms with Crippen molar-refractivity contribution in [2.45, 2.75) is 11.7 Å². The number of carbonyl (C=O) groups is 1. The third-order valence-electron chi connectivity index (χ3n) is 3.02. The van der Waals surface area contributed by atoms with Crippen LogP contribution in [0.15, 0.2) is 23.4 Å². The monoisotopic (exact) mass is 385 g/mol. The Morgan fingerprint density at radius 1 is 1.48 bits per heavy atom. The Labute approximate surface area is 152 Å². The highest BCUT2D eigenvalue weighted by molar-refractivity contribution is 7.99. The number of anilines is 1. The normalized spacial score (nSPS) is 10.9. The molecule has 1 aromatic heterocycles. The summed E-state index contributed by atoms with van der Waals surface area (Å²) in [4.78, 5) is 24.3. The lowest BCUT2D eigenvalue weighted by molar-refractivity contribution is -0.384. The largest absolute Gasteiger partial charge is 0.325 e. The minimum absolute atomic E-state index is 0.0115. The Balaban J connectivity index is 1.92. The molecule has 1 amide bonds. The number of benzene rings is 1. The summed E-state index contributed by atoms with van der Waals surface area (Å²) in [5.74, 6) is -0.262. The van der Waals surface area contributed by atoms with Crippen LogP contribution < -0.4 is 5.32 Å². The van der Waals surface area contributed by atoms with E-state index in [1.165, 1.54) is 30.0 Å². The number of hydrogen-bond donors (Lipinski definition) is 1. The molecule has 10 nitrogen and oxygen atoms in total. The smallest absolute Gasteiger partial charge is 0.289 e. The molecule has 0 atom stereocenters. The zero-order valence-corrected chi connectivity index (χ0v) is 15.1. The Morgan fingerprint density at radius 2 is 2.24 bits per heavy atom. The molecule has 0 saturated carbocycles. The summed E-state index contributed by atoms with van der Waals surface area (Å²) in [6, 6.07) is 4.08. The van der Waals surface area contributed by atoms with Crippen LogP contribution in [0, 0.1) is 10.1 Å². The third kappa shape index (κ3) is 5.66. The molecule has 0 spiro atoms. The molecule has 0 unspecified atom stereocenters. The number of amides is 1. The number of likely N-dealkylation sites (N-methyl/N-ethyl adjacent to an activating group) is 1. The molecule has 12 heteroatoms. The predicted molar refractivity (Wildman–Crippen MR) is 93.8 cm³/mol. The molecular weight excluding hydrogens is 370 g/mol. The van der Waals surface area contributed by atoms with Gasteiger partial charge in [0.25, 0.3) is 5.69 Å². The van der Waals surface area contributed by atoms with Crippen molar-refractivity contribution < 1.29 is 9.72 Å². The van der Waals surface area contributed by atoms with Gasteiger partial charge < -0.3 is 10.2 Å². The molecule has 1 N–H and O–H groups in total. The van der Waals surface area contributed by atoms with Crippen LogP contribution in [0.4, 0.5) is 11.4 Å². The molecule has 0 saturated heterocycles. The summed E-state index contributed by atoms with van der Waals surface area (Å²) in [5, 5.41) is 25.4. The number of nitro groups is 1. The van der Waals surface area contributed by atoms with Gasteiger partial charge in [0, 0.05) is 18.3 Å². The van der Waals surface area contributed by atoms with Crippen LogP contribution in [0.2, 0.25) is 5.02 Å². The highest BCUT2D eigenvalue weighted by Gasteiger charge is 2.15. The fourth-order valence-corrected chi connectivity index (χ4v) is 2.68. The van der Waals surface area contributed by atoms with Gasteiger partial charge in [0.05, 0.1) is 17.2 Å². The second-order valence-electron chi connectivity index (χ2n) is 5.25. The van der Waals surface area contributed by atoms with Crippen molar-refractivity contribution in [3.63, 3.8) is 0 Å². The van der Waals surface area contributed by atoms with E-state index in [2.05, 4.69) is 20.8 Å². The molecule has 1 heterocycles. The molecule has 0 fully saturated rings. The summed E-state index contributed by atoms with van der Waals surface area (Å²) in [6.45, 7) is 1.37. The van der Waals surface area contributed by atoms with E-state index < -0.39 is 4.92 Å². The quantitative estimate of drug-likeness (QED) is 0.412. The van der Waals surface area contributed by atoms with Gasteiger partial charge in [-0.15, -0.1) is 5.10 Å². The van der Waals surface area contributed by atoms with Crippen molar-refractivity contribution in [3.05, 3.63) is 33.3 Å². The summed E-state index contributed by atoms with van der Waals surface area (Å²) in [7, 11) is 3.88. The van der Waals surface area contributed by atoms with Gasteiger partial charge in [0.1, 0.15) is 5.02 Å². The van der Waals surface area contributed by atoms with E-state index in [0.717, 1.165) is 6.54 Å². The lowest BCUT2D eigenvalue weighted by atomic mass is 10.3. The summed E-state index contributed by atoms with van der Waals surface area (Å²) in [6.07, 6.45) is 0. The average molecular weight is 386 g/mol. The van der Waals surface area contributed by atoms with Gasteiger partial charge in [-0.05, 0) is 36.7 Å². The van der Waals surface area contributed by atoms with Crippen LogP contribution in [0.3, 0.4) is 0 Å². The summed E-state index contributed by atoms with van der Waals surface area (Å²) in [5.41, 5.74) is 0.0358. The minimum Gasteiger partial charge on any atom is -0.325 e. The van der Waals surface area contributed by atoms with Crippen LogP contribution in [0.25, 0.3) is 0 Å². The maximum absolute atomic E-state index is 12.0. The number of tetrazole rings is 1. The van der Waals surface area contributed by atoms with Crippen LogP contribution in [-0.2, 0) is 11.3 Å². The van der Waals surface area contributed by atoms with Gasteiger partial charge in [0.15, 0.2) is 0 Å². The Bertz CT molecular complexity index is 768. The second-order valence-corrected chi connectivity index (χ2v) is 6.60. The number of thioether (sulfide) groups is 1. The molecule has 134 valence electrons. The van der Waals surface area contributed by atoms with E-state index in [9.17, 15) is 14.9 Å². The van der Waals surface area contributed by atoms with Crippen molar-refractivity contribution in [2.24, 2.45) is 0 Å². The van der Waals surface area contributed by atoms with E-state index >= 15 is 0 Å². The average Bonchev–Trinajstić information content (AvgIpc) is 3.00.